The number of nitrogens with zero attached hydrogens (tertiary/aromatic N) is 2. The van der Waals surface area contributed by atoms with Crippen LogP contribution in [-0.4, -0.2) is 48.5 Å². The zero-order valence-corrected chi connectivity index (χ0v) is 16.7. The maximum Gasteiger partial charge on any atom is 0.244 e. The standard InChI is InChI=1S/C18H27N3O3S2/c22-17(20-15-7-3-1-2-4-8-15)14-25-18-10-9-16(13-19-18)26(23,24)21-11-5-6-12-21/h9-10,13,15H,1-8,11-12,14H2,(H,20,22). The molecule has 0 spiro atoms. The molecule has 2 fully saturated rings. The van der Waals surface area contributed by atoms with E-state index in [-0.39, 0.29) is 10.8 Å². The van der Waals surface area contributed by atoms with Crippen LogP contribution in [0.1, 0.15) is 51.4 Å². The van der Waals surface area contributed by atoms with Crippen LogP contribution in [0.5, 0.6) is 0 Å². The quantitative estimate of drug-likeness (QED) is 0.590. The number of carbonyl (C=O) groups excluding carboxylic acids is 1. The summed E-state index contributed by atoms with van der Waals surface area (Å²) in [4.78, 5) is 16.6. The second-order valence-electron chi connectivity index (χ2n) is 6.99. The number of amides is 1. The van der Waals surface area contributed by atoms with Crippen LogP contribution >= 0.6 is 11.8 Å². The molecule has 0 bridgehead atoms. The number of hydrogen-bond acceptors (Lipinski definition) is 5. The number of sulfonamides is 1. The number of nitrogens with one attached hydrogen (secondary N) is 1. The molecular formula is C18H27N3O3S2. The molecule has 2 heterocycles. The molecule has 1 aliphatic heterocycles. The summed E-state index contributed by atoms with van der Waals surface area (Å²) < 4.78 is 26.5. The van der Waals surface area contributed by atoms with Gasteiger partial charge in [-0.15, -0.1) is 0 Å². The summed E-state index contributed by atoms with van der Waals surface area (Å²) in [6.07, 6.45) is 10.3. The Hall–Kier alpha value is -1.12. The monoisotopic (exact) mass is 397 g/mol. The van der Waals surface area contributed by atoms with Crippen LogP contribution < -0.4 is 5.32 Å². The first-order valence-corrected chi connectivity index (χ1v) is 11.9. The van der Waals surface area contributed by atoms with E-state index < -0.39 is 10.0 Å². The fraction of sp³-hybridized carbons (Fsp3) is 0.667. The second kappa shape index (κ2) is 9.19. The molecule has 0 radical (unpaired) electrons. The first-order chi connectivity index (χ1) is 12.6. The van der Waals surface area contributed by atoms with E-state index >= 15 is 0 Å². The van der Waals surface area contributed by atoms with Crippen molar-refractivity contribution in [2.24, 2.45) is 0 Å². The van der Waals surface area contributed by atoms with Gasteiger partial charge in [0.25, 0.3) is 0 Å². The third-order valence-electron chi connectivity index (χ3n) is 4.98. The largest absolute Gasteiger partial charge is 0.353 e. The molecule has 1 N–H and O–H groups in total. The zero-order valence-electron chi connectivity index (χ0n) is 15.0. The van der Waals surface area contributed by atoms with Crippen molar-refractivity contribution in [2.45, 2.75) is 67.3 Å². The van der Waals surface area contributed by atoms with E-state index in [2.05, 4.69) is 10.3 Å². The highest BCUT2D eigenvalue weighted by atomic mass is 32.2. The average molecular weight is 398 g/mol. The predicted octanol–water partition coefficient (Wildman–Crippen LogP) is 2.80. The van der Waals surface area contributed by atoms with Crippen LogP contribution in [0.15, 0.2) is 28.3 Å². The first-order valence-electron chi connectivity index (χ1n) is 9.44. The van der Waals surface area contributed by atoms with E-state index in [1.165, 1.54) is 47.9 Å². The predicted molar refractivity (Wildman–Crippen MR) is 103 cm³/mol. The highest BCUT2D eigenvalue weighted by Gasteiger charge is 2.27. The van der Waals surface area contributed by atoms with Gasteiger partial charge in [-0.2, -0.15) is 4.31 Å². The highest BCUT2D eigenvalue weighted by molar-refractivity contribution is 7.99. The lowest BCUT2D eigenvalue weighted by molar-refractivity contribution is -0.119. The summed E-state index contributed by atoms with van der Waals surface area (Å²) in [5, 5.41) is 3.78. The Morgan fingerprint density at radius 1 is 1.12 bits per heavy atom. The van der Waals surface area contributed by atoms with Crippen LogP contribution in [0, 0.1) is 0 Å². The van der Waals surface area contributed by atoms with Gasteiger partial charge in [0.15, 0.2) is 0 Å². The first kappa shape index (κ1) is 19.6. The normalized spacial score (nSPS) is 20.0. The Labute approximate surface area is 160 Å². The maximum absolute atomic E-state index is 12.5. The maximum atomic E-state index is 12.5. The number of hydrogen-bond donors (Lipinski definition) is 1. The minimum Gasteiger partial charge on any atom is -0.353 e. The second-order valence-corrected chi connectivity index (χ2v) is 9.92. The Balaban J connectivity index is 1.50. The summed E-state index contributed by atoms with van der Waals surface area (Å²) in [7, 11) is -3.43. The summed E-state index contributed by atoms with van der Waals surface area (Å²) >= 11 is 1.34. The van der Waals surface area contributed by atoms with E-state index in [4.69, 9.17) is 0 Å². The molecule has 1 saturated heterocycles. The molecule has 144 valence electrons. The molecule has 1 aromatic rings. The van der Waals surface area contributed by atoms with Gasteiger partial charge in [0, 0.05) is 25.3 Å². The number of pyridine rings is 1. The van der Waals surface area contributed by atoms with Gasteiger partial charge in [-0.05, 0) is 37.8 Å². The lowest BCUT2D eigenvalue weighted by Gasteiger charge is -2.16. The SMILES string of the molecule is O=C(CSc1ccc(S(=O)(=O)N2CCCC2)cn1)NC1CCCCCC1. The Kier molecular flexibility index (Phi) is 6.94. The Morgan fingerprint density at radius 2 is 1.81 bits per heavy atom. The van der Waals surface area contributed by atoms with E-state index in [9.17, 15) is 13.2 Å². The van der Waals surface area contributed by atoms with Crippen molar-refractivity contribution in [3.05, 3.63) is 18.3 Å². The van der Waals surface area contributed by atoms with Gasteiger partial charge in [0.1, 0.15) is 4.90 Å². The molecular weight excluding hydrogens is 370 g/mol. The average Bonchev–Trinajstić information content (AvgIpc) is 3.08. The third kappa shape index (κ3) is 5.20. The van der Waals surface area contributed by atoms with E-state index in [1.54, 1.807) is 12.1 Å². The van der Waals surface area contributed by atoms with Crippen LogP contribution in [0.2, 0.25) is 0 Å². The number of carbonyl (C=O) groups is 1. The van der Waals surface area contributed by atoms with Gasteiger partial charge in [0.05, 0.1) is 10.8 Å². The lowest BCUT2D eigenvalue weighted by Crippen LogP contribution is -2.35. The number of thioether (sulfide) groups is 1. The van der Waals surface area contributed by atoms with Crippen molar-refractivity contribution in [1.82, 2.24) is 14.6 Å². The number of aromatic nitrogens is 1. The van der Waals surface area contributed by atoms with Gasteiger partial charge in [-0.25, -0.2) is 13.4 Å². The minimum atomic E-state index is -3.43. The van der Waals surface area contributed by atoms with Crippen molar-refractivity contribution in [3.8, 4) is 0 Å². The molecule has 6 nitrogen and oxygen atoms in total. The molecule has 1 saturated carbocycles. The van der Waals surface area contributed by atoms with Crippen molar-refractivity contribution < 1.29 is 13.2 Å². The fourth-order valence-corrected chi connectivity index (χ4v) is 5.63. The molecule has 26 heavy (non-hydrogen) atoms. The van der Waals surface area contributed by atoms with Gasteiger partial charge in [0.2, 0.25) is 15.9 Å². The van der Waals surface area contributed by atoms with Gasteiger partial charge in [-0.1, -0.05) is 37.4 Å². The fourth-order valence-electron chi connectivity index (χ4n) is 3.51. The van der Waals surface area contributed by atoms with Crippen molar-refractivity contribution in [2.75, 3.05) is 18.8 Å². The molecule has 0 atom stereocenters. The summed E-state index contributed by atoms with van der Waals surface area (Å²) in [6, 6.07) is 3.57. The van der Waals surface area contributed by atoms with Gasteiger partial charge < -0.3 is 5.32 Å². The van der Waals surface area contributed by atoms with Crippen LogP contribution in [0.25, 0.3) is 0 Å². The lowest BCUT2D eigenvalue weighted by atomic mass is 10.1. The van der Waals surface area contributed by atoms with E-state index in [0.29, 0.717) is 29.9 Å². The van der Waals surface area contributed by atoms with Gasteiger partial charge in [-0.3, -0.25) is 4.79 Å². The van der Waals surface area contributed by atoms with E-state index in [1.807, 2.05) is 0 Å². The Bertz CT molecular complexity index is 693. The molecule has 8 heteroatoms. The van der Waals surface area contributed by atoms with Crippen LogP contribution in [0.4, 0.5) is 0 Å². The molecule has 2 aliphatic rings. The van der Waals surface area contributed by atoms with Crippen LogP contribution in [0.3, 0.4) is 0 Å². The summed E-state index contributed by atoms with van der Waals surface area (Å²) in [6.45, 7) is 1.17. The summed E-state index contributed by atoms with van der Waals surface area (Å²) in [5.74, 6) is 0.333. The molecule has 0 aromatic carbocycles. The van der Waals surface area contributed by atoms with Crippen molar-refractivity contribution in [3.63, 3.8) is 0 Å². The molecule has 1 aromatic heterocycles. The van der Waals surface area contributed by atoms with Crippen LogP contribution in [-0.2, 0) is 14.8 Å². The smallest absolute Gasteiger partial charge is 0.244 e. The van der Waals surface area contributed by atoms with E-state index in [0.717, 1.165) is 25.7 Å². The topological polar surface area (TPSA) is 79.4 Å². The molecule has 3 rings (SSSR count). The number of rotatable bonds is 6. The highest BCUT2D eigenvalue weighted by Crippen LogP contribution is 2.23. The Morgan fingerprint density at radius 3 is 2.42 bits per heavy atom. The van der Waals surface area contributed by atoms with Gasteiger partial charge >= 0.3 is 0 Å². The minimum absolute atomic E-state index is 0.0254. The molecule has 1 aliphatic carbocycles. The summed E-state index contributed by atoms with van der Waals surface area (Å²) in [5.41, 5.74) is 0. The van der Waals surface area contributed by atoms with Crippen molar-refractivity contribution in [1.29, 1.82) is 0 Å². The molecule has 0 unspecified atom stereocenters. The molecule has 1 amide bonds. The third-order valence-corrected chi connectivity index (χ3v) is 7.81. The van der Waals surface area contributed by atoms with Crippen molar-refractivity contribution >= 4 is 27.7 Å². The zero-order chi connectivity index (χ0) is 18.4.